The van der Waals surface area contributed by atoms with Crippen LogP contribution in [0.4, 0.5) is 0 Å². The topological polar surface area (TPSA) is 75.6 Å². The predicted molar refractivity (Wildman–Crippen MR) is 96.9 cm³/mol. The molecule has 1 atom stereocenters. The summed E-state index contributed by atoms with van der Waals surface area (Å²) in [6.45, 7) is 0.497. The van der Waals surface area contributed by atoms with Gasteiger partial charge in [-0.05, 0) is 49.8 Å². The fourth-order valence-corrected chi connectivity index (χ4v) is 3.49. The second-order valence-corrected chi connectivity index (χ2v) is 7.22. The number of rotatable bonds is 7. The second-order valence-electron chi connectivity index (χ2n) is 6.40. The van der Waals surface area contributed by atoms with Crippen molar-refractivity contribution in [1.29, 1.82) is 0 Å². The zero-order valence-electron chi connectivity index (χ0n) is 14.1. The molecule has 0 heterocycles. The molecule has 0 bridgehead atoms. The zero-order chi connectivity index (χ0) is 18.4. The summed E-state index contributed by atoms with van der Waals surface area (Å²) in [6, 6.07) is 5.09. The standard InChI is InChI=1S/C18H23Cl2NO4/c1-25-9-8-16(13-6-7-14(19)15(20)10-13)21-17(22)11-2-4-12(5-3-11)18(23)24/h6-7,10-12,16H,2-5,8-9H2,1H3,(H,21,22)(H,23,24). The van der Waals surface area contributed by atoms with E-state index in [0.717, 1.165) is 5.56 Å². The van der Waals surface area contributed by atoms with E-state index < -0.39 is 5.97 Å². The molecule has 138 valence electrons. The molecule has 1 unspecified atom stereocenters. The fraction of sp³-hybridized carbons (Fsp3) is 0.556. The number of carbonyl (C=O) groups excluding carboxylic acids is 1. The molecule has 0 spiro atoms. The van der Waals surface area contributed by atoms with Crippen LogP contribution in [0.1, 0.15) is 43.7 Å². The van der Waals surface area contributed by atoms with Crippen LogP contribution in [0.25, 0.3) is 0 Å². The van der Waals surface area contributed by atoms with Crippen LogP contribution in [0.2, 0.25) is 10.0 Å². The third-order valence-electron chi connectivity index (χ3n) is 4.72. The van der Waals surface area contributed by atoms with Gasteiger partial charge in [-0.2, -0.15) is 0 Å². The summed E-state index contributed by atoms with van der Waals surface area (Å²) in [6.07, 6.45) is 2.90. The molecular weight excluding hydrogens is 365 g/mol. The van der Waals surface area contributed by atoms with E-state index in [2.05, 4.69) is 5.32 Å². The molecule has 1 aliphatic rings. The summed E-state index contributed by atoms with van der Waals surface area (Å²) in [5.41, 5.74) is 0.874. The van der Waals surface area contributed by atoms with Crippen molar-refractivity contribution in [3.05, 3.63) is 33.8 Å². The maximum atomic E-state index is 12.6. The van der Waals surface area contributed by atoms with Crippen molar-refractivity contribution in [3.63, 3.8) is 0 Å². The molecular formula is C18H23Cl2NO4. The van der Waals surface area contributed by atoms with Gasteiger partial charge in [0.05, 0.1) is 22.0 Å². The van der Waals surface area contributed by atoms with Crippen LogP contribution in [0.3, 0.4) is 0 Å². The van der Waals surface area contributed by atoms with E-state index in [9.17, 15) is 9.59 Å². The number of benzene rings is 1. The number of hydrogen-bond donors (Lipinski definition) is 2. The molecule has 7 heteroatoms. The first-order valence-corrected chi connectivity index (χ1v) is 9.15. The van der Waals surface area contributed by atoms with Crippen molar-refractivity contribution in [1.82, 2.24) is 5.32 Å². The number of nitrogens with one attached hydrogen (secondary N) is 1. The molecule has 1 aliphatic carbocycles. The average molecular weight is 388 g/mol. The van der Waals surface area contributed by atoms with Gasteiger partial charge >= 0.3 is 5.97 Å². The molecule has 2 rings (SSSR count). The number of hydrogen-bond acceptors (Lipinski definition) is 3. The van der Waals surface area contributed by atoms with Gasteiger partial charge in [-0.1, -0.05) is 29.3 Å². The third-order valence-corrected chi connectivity index (χ3v) is 5.46. The Hall–Kier alpha value is -1.30. The highest BCUT2D eigenvalue weighted by atomic mass is 35.5. The average Bonchev–Trinajstić information content (AvgIpc) is 2.61. The number of methoxy groups -OCH3 is 1. The summed E-state index contributed by atoms with van der Waals surface area (Å²) < 4.78 is 5.14. The minimum atomic E-state index is -0.771. The number of halogens is 2. The molecule has 0 radical (unpaired) electrons. The molecule has 0 aromatic heterocycles. The monoisotopic (exact) mass is 387 g/mol. The molecule has 1 aromatic rings. The Morgan fingerprint density at radius 1 is 1.20 bits per heavy atom. The lowest BCUT2D eigenvalue weighted by atomic mass is 9.81. The number of carbonyl (C=O) groups is 2. The van der Waals surface area contributed by atoms with E-state index in [-0.39, 0.29) is 23.8 Å². The summed E-state index contributed by atoms with van der Waals surface area (Å²) >= 11 is 12.1. The van der Waals surface area contributed by atoms with Crippen molar-refractivity contribution in [2.24, 2.45) is 11.8 Å². The molecule has 2 N–H and O–H groups in total. The lowest BCUT2D eigenvalue weighted by Gasteiger charge is -2.27. The molecule has 0 saturated heterocycles. The Morgan fingerprint density at radius 2 is 1.84 bits per heavy atom. The van der Waals surface area contributed by atoms with Gasteiger partial charge in [-0.25, -0.2) is 0 Å². The SMILES string of the molecule is COCCC(NC(=O)C1CCC(C(=O)O)CC1)c1ccc(Cl)c(Cl)c1. The molecule has 1 aromatic carbocycles. The second kappa shape index (κ2) is 9.41. The van der Waals surface area contributed by atoms with Gasteiger partial charge in [-0.15, -0.1) is 0 Å². The summed E-state index contributed by atoms with van der Waals surface area (Å²) in [7, 11) is 1.61. The van der Waals surface area contributed by atoms with Crippen LogP contribution in [0, 0.1) is 11.8 Å². The Morgan fingerprint density at radius 3 is 2.40 bits per heavy atom. The van der Waals surface area contributed by atoms with Crippen LogP contribution in [0.5, 0.6) is 0 Å². The van der Waals surface area contributed by atoms with Gasteiger partial charge in [0, 0.05) is 19.6 Å². The quantitative estimate of drug-likeness (QED) is 0.738. The van der Waals surface area contributed by atoms with Crippen LogP contribution in [0.15, 0.2) is 18.2 Å². The van der Waals surface area contributed by atoms with Crippen LogP contribution in [-0.2, 0) is 14.3 Å². The fourth-order valence-electron chi connectivity index (χ4n) is 3.18. The van der Waals surface area contributed by atoms with E-state index in [0.29, 0.717) is 48.8 Å². The predicted octanol–water partition coefficient (Wildman–Crippen LogP) is 4.08. The lowest BCUT2D eigenvalue weighted by molar-refractivity contribution is -0.144. The van der Waals surface area contributed by atoms with Crippen LogP contribution < -0.4 is 5.32 Å². The van der Waals surface area contributed by atoms with Gasteiger partial charge in [-0.3, -0.25) is 9.59 Å². The van der Waals surface area contributed by atoms with Gasteiger partial charge in [0.15, 0.2) is 0 Å². The van der Waals surface area contributed by atoms with Crippen LogP contribution >= 0.6 is 23.2 Å². The largest absolute Gasteiger partial charge is 0.481 e. The van der Waals surface area contributed by atoms with Crippen molar-refractivity contribution >= 4 is 35.1 Å². The molecule has 1 amide bonds. The Labute approximate surface area is 157 Å². The van der Waals surface area contributed by atoms with E-state index in [1.807, 2.05) is 6.07 Å². The number of carboxylic acid groups (broad SMARTS) is 1. The van der Waals surface area contributed by atoms with E-state index in [4.69, 9.17) is 33.0 Å². The van der Waals surface area contributed by atoms with Crippen molar-refractivity contribution in [3.8, 4) is 0 Å². The normalized spacial score (nSPS) is 21.6. The van der Waals surface area contributed by atoms with E-state index >= 15 is 0 Å². The van der Waals surface area contributed by atoms with E-state index in [1.165, 1.54) is 0 Å². The van der Waals surface area contributed by atoms with Gasteiger partial charge in [0.2, 0.25) is 5.91 Å². The smallest absolute Gasteiger partial charge is 0.306 e. The number of amides is 1. The van der Waals surface area contributed by atoms with Gasteiger partial charge < -0.3 is 15.2 Å². The van der Waals surface area contributed by atoms with E-state index in [1.54, 1.807) is 19.2 Å². The highest BCUT2D eigenvalue weighted by Gasteiger charge is 2.30. The van der Waals surface area contributed by atoms with Crippen molar-refractivity contribution in [2.45, 2.75) is 38.1 Å². The molecule has 25 heavy (non-hydrogen) atoms. The Kier molecular flexibility index (Phi) is 7.54. The Balaban J connectivity index is 2.02. The Bertz CT molecular complexity index is 615. The number of carboxylic acids is 1. The first kappa shape index (κ1) is 20.0. The summed E-state index contributed by atoms with van der Waals surface area (Å²) in [5, 5.41) is 13.0. The van der Waals surface area contributed by atoms with Crippen LogP contribution in [-0.4, -0.2) is 30.7 Å². The van der Waals surface area contributed by atoms with Gasteiger partial charge in [0.1, 0.15) is 0 Å². The number of ether oxygens (including phenoxy) is 1. The molecule has 1 fully saturated rings. The van der Waals surface area contributed by atoms with Crippen molar-refractivity contribution in [2.75, 3.05) is 13.7 Å². The number of aliphatic carboxylic acids is 1. The molecule has 0 aliphatic heterocycles. The summed E-state index contributed by atoms with van der Waals surface area (Å²) in [5.74, 6) is -1.30. The maximum Gasteiger partial charge on any atom is 0.306 e. The summed E-state index contributed by atoms with van der Waals surface area (Å²) in [4.78, 5) is 23.6. The first-order chi connectivity index (χ1) is 11.9. The highest BCUT2D eigenvalue weighted by molar-refractivity contribution is 6.42. The zero-order valence-corrected chi connectivity index (χ0v) is 15.6. The van der Waals surface area contributed by atoms with Gasteiger partial charge in [0.25, 0.3) is 0 Å². The third kappa shape index (κ3) is 5.59. The maximum absolute atomic E-state index is 12.6. The highest BCUT2D eigenvalue weighted by Crippen LogP contribution is 2.31. The lowest BCUT2D eigenvalue weighted by Crippen LogP contribution is -2.37. The molecule has 5 nitrogen and oxygen atoms in total. The first-order valence-electron chi connectivity index (χ1n) is 8.39. The van der Waals surface area contributed by atoms with Crippen molar-refractivity contribution < 1.29 is 19.4 Å². The molecule has 1 saturated carbocycles. The minimum Gasteiger partial charge on any atom is -0.481 e. The minimum absolute atomic E-state index is 0.0454.